The summed E-state index contributed by atoms with van der Waals surface area (Å²) in [5, 5.41) is 3.03. The van der Waals surface area contributed by atoms with E-state index in [4.69, 9.17) is 0 Å². The van der Waals surface area contributed by atoms with Crippen molar-refractivity contribution in [1.29, 1.82) is 0 Å². The van der Waals surface area contributed by atoms with Gasteiger partial charge in [0.2, 0.25) is 11.8 Å². The Morgan fingerprint density at radius 2 is 2.04 bits per heavy atom. The van der Waals surface area contributed by atoms with Crippen molar-refractivity contribution in [3.63, 3.8) is 0 Å². The largest absolute Gasteiger partial charge is 0.311 e. The SMILES string of the molecule is Cc1cnc(NC(=O)[C@@H]2CCN(c3cc(F)cc(F)c3)C2=O)s1. The van der Waals surface area contributed by atoms with Crippen LogP contribution in [0.2, 0.25) is 0 Å². The molecule has 0 saturated carbocycles. The van der Waals surface area contributed by atoms with Crippen LogP contribution in [0.5, 0.6) is 0 Å². The molecule has 1 fully saturated rings. The van der Waals surface area contributed by atoms with Gasteiger partial charge in [-0.25, -0.2) is 13.8 Å². The smallest absolute Gasteiger partial charge is 0.239 e. The number of carbonyl (C=O) groups is 2. The first-order chi connectivity index (χ1) is 10.9. The lowest BCUT2D eigenvalue weighted by atomic mass is 10.1. The molecule has 3 rings (SSSR count). The van der Waals surface area contributed by atoms with Crippen molar-refractivity contribution in [3.05, 3.63) is 40.9 Å². The summed E-state index contributed by atoms with van der Waals surface area (Å²) >= 11 is 1.31. The fourth-order valence-electron chi connectivity index (χ4n) is 2.48. The van der Waals surface area contributed by atoms with Gasteiger partial charge in [0, 0.05) is 29.4 Å². The van der Waals surface area contributed by atoms with Gasteiger partial charge < -0.3 is 10.2 Å². The van der Waals surface area contributed by atoms with Crippen molar-refractivity contribution in [2.75, 3.05) is 16.8 Å². The van der Waals surface area contributed by atoms with Crippen molar-refractivity contribution in [1.82, 2.24) is 4.98 Å². The summed E-state index contributed by atoms with van der Waals surface area (Å²) in [6.45, 7) is 2.09. The van der Waals surface area contributed by atoms with Crippen LogP contribution in [-0.4, -0.2) is 23.3 Å². The first-order valence-corrected chi connectivity index (χ1v) is 7.76. The van der Waals surface area contributed by atoms with E-state index in [1.165, 1.54) is 16.2 Å². The Morgan fingerprint density at radius 1 is 1.35 bits per heavy atom. The molecule has 120 valence electrons. The van der Waals surface area contributed by atoms with Crippen LogP contribution in [0.1, 0.15) is 11.3 Å². The Kier molecular flexibility index (Phi) is 4.08. The average molecular weight is 337 g/mol. The standard InChI is InChI=1S/C15H13F2N3O2S/c1-8-7-18-15(23-8)19-13(21)12-2-3-20(14(12)22)11-5-9(16)4-10(17)6-11/h4-7,12H,2-3H2,1H3,(H,18,19,21)/t12-/m0/s1. The summed E-state index contributed by atoms with van der Waals surface area (Å²) in [5.74, 6) is -3.34. The van der Waals surface area contributed by atoms with Gasteiger partial charge in [0.25, 0.3) is 0 Å². The number of anilines is 2. The number of amides is 2. The third-order valence-corrected chi connectivity index (χ3v) is 4.36. The molecule has 0 spiro atoms. The first kappa shape index (κ1) is 15.5. The zero-order chi connectivity index (χ0) is 16.6. The summed E-state index contributed by atoms with van der Waals surface area (Å²) in [4.78, 5) is 30.8. The van der Waals surface area contributed by atoms with Gasteiger partial charge in [0.1, 0.15) is 17.6 Å². The van der Waals surface area contributed by atoms with Gasteiger partial charge in [-0.1, -0.05) is 0 Å². The predicted molar refractivity (Wildman–Crippen MR) is 82.3 cm³/mol. The monoisotopic (exact) mass is 337 g/mol. The minimum Gasteiger partial charge on any atom is -0.311 e. The van der Waals surface area contributed by atoms with Crippen LogP contribution in [0.15, 0.2) is 24.4 Å². The lowest BCUT2D eigenvalue weighted by molar-refractivity contribution is -0.129. The number of aryl methyl sites for hydroxylation is 1. The van der Waals surface area contributed by atoms with Gasteiger partial charge in [-0.15, -0.1) is 11.3 Å². The third-order valence-electron chi connectivity index (χ3n) is 3.53. The molecule has 23 heavy (non-hydrogen) atoms. The second-order valence-electron chi connectivity index (χ2n) is 5.22. The number of thiazole rings is 1. The quantitative estimate of drug-likeness (QED) is 0.876. The van der Waals surface area contributed by atoms with Crippen molar-refractivity contribution < 1.29 is 18.4 Å². The fraction of sp³-hybridized carbons (Fsp3) is 0.267. The molecule has 1 aromatic carbocycles. The Hall–Kier alpha value is -2.35. The maximum absolute atomic E-state index is 13.3. The Balaban J connectivity index is 1.74. The van der Waals surface area contributed by atoms with Crippen LogP contribution >= 0.6 is 11.3 Å². The molecule has 2 amide bonds. The van der Waals surface area contributed by atoms with E-state index in [0.29, 0.717) is 5.13 Å². The highest BCUT2D eigenvalue weighted by molar-refractivity contribution is 7.15. The highest BCUT2D eigenvalue weighted by Crippen LogP contribution is 2.28. The number of aromatic nitrogens is 1. The molecule has 0 aliphatic carbocycles. The highest BCUT2D eigenvalue weighted by Gasteiger charge is 2.38. The average Bonchev–Trinajstić information content (AvgIpc) is 3.04. The molecule has 1 aliphatic heterocycles. The minimum absolute atomic E-state index is 0.118. The van der Waals surface area contributed by atoms with E-state index in [-0.39, 0.29) is 18.7 Å². The molecule has 1 aliphatic rings. The molecule has 1 N–H and O–H groups in total. The molecule has 0 bridgehead atoms. The van der Waals surface area contributed by atoms with E-state index in [2.05, 4.69) is 10.3 Å². The zero-order valence-corrected chi connectivity index (χ0v) is 13.0. The van der Waals surface area contributed by atoms with Crippen molar-refractivity contribution >= 4 is 34.0 Å². The molecule has 1 atom stereocenters. The number of hydrogen-bond donors (Lipinski definition) is 1. The number of rotatable bonds is 3. The third kappa shape index (κ3) is 3.21. The second kappa shape index (κ2) is 6.04. The number of carbonyl (C=O) groups excluding carboxylic acids is 2. The van der Waals surface area contributed by atoms with Gasteiger partial charge in [-0.2, -0.15) is 0 Å². The van der Waals surface area contributed by atoms with Crippen molar-refractivity contribution in [3.8, 4) is 0 Å². The van der Waals surface area contributed by atoms with Gasteiger partial charge in [0.15, 0.2) is 5.13 Å². The van der Waals surface area contributed by atoms with Crippen molar-refractivity contribution in [2.24, 2.45) is 5.92 Å². The Labute approximate surface area is 134 Å². The predicted octanol–water partition coefficient (Wildman–Crippen LogP) is 2.72. The highest BCUT2D eigenvalue weighted by atomic mass is 32.1. The van der Waals surface area contributed by atoms with Gasteiger partial charge in [0.05, 0.1) is 0 Å². The summed E-state index contributed by atoms with van der Waals surface area (Å²) in [7, 11) is 0. The molecule has 0 radical (unpaired) electrons. The van der Waals surface area contributed by atoms with Crippen LogP contribution in [0.25, 0.3) is 0 Å². The number of nitrogens with one attached hydrogen (secondary N) is 1. The fourth-order valence-corrected chi connectivity index (χ4v) is 3.15. The maximum atomic E-state index is 13.3. The second-order valence-corrected chi connectivity index (χ2v) is 6.46. The summed E-state index contributed by atoms with van der Waals surface area (Å²) < 4.78 is 26.6. The molecule has 5 nitrogen and oxygen atoms in total. The Morgan fingerprint density at radius 3 is 2.65 bits per heavy atom. The number of halogens is 2. The number of hydrogen-bond acceptors (Lipinski definition) is 4. The normalized spacial score (nSPS) is 17.6. The lowest BCUT2D eigenvalue weighted by Crippen LogP contribution is -2.33. The van der Waals surface area contributed by atoms with Crippen LogP contribution in [-0.2, 0) is 9.59 Å². The van der Waals surface area contributed by atoms with E-state index in [1.54, 1.807) is 6.20 Å². The topological polar surface area (TPSA) is 62.3 Å². The molecule has 2 aromatic rings. The molecule has 1 saturated heterocycles. The van der Waals surface area contributed by atoms with Crippen LogP contribution in [0.4, 0.5) is 19.6 Å². The van der Waals surface area contributed by atoms with Crippen LogP contribution in [0.3, 0.4) is 0 Å². The molecule has 1 aromatic heterocycles. The molecule has 0 unspecified atom stereocenters. The van der Waals surface area contributed by atoms with E-state index in [9.17, 15) is 18.4 Å². The van der Waals surface area contributed by atoms with E-state index < -0.39 is 29.4 Å². The van der Waals surface area contributed by atoms with Gasteiger partial charge >= 0.3 is 0 Å². The summed E-state index contributed by atoms with van der Waals surface area (Å²) in [6, 6.07) is 2.88. The maximum Gasteiger partial charge on any atom is 0.239 e. The molecule has 8 heteroatoms. The molecular formula is C15H13F2N3O2S. The van der Waals surface area contributed by atoms with Gasteiger partial charge in [-0.3, -0.25) is 9.59 Å². The molecular weight excluding hydrogens is 324 g/mol. The van der Waals surface area contributed by atoms with Crippen LogP contribution in [0, 0.1) is 24.5 Å². The summed E-state index contributed by atoms with van der Waals surface area (Å²) in [6.07, 6.45) is 1.91. The van der Waals surface area contributed by atoms with Crippen LogP contribution < -0.4 is 10.2 Å². The van der Waals surface area contributed by atoms with Gasteiger partial charge in [-0.05, 0) is 25.5 Å². The van der Waals surface area contributed by atoms with E-state index in [0.717, 1.165) is 23.1 Å². The Bertz CT molecular complexity index is 758. The minimum atomic E-state index is -0.884. The van der Waals surface area contributed by atoms with E-state index in [1.807, 2.05) is 6.92 Å². The number of benzene rings is 1. The number of nitrogens with zero attached hydrogens (tertiary/aromatic N) is 2. The van der Waals surface area contributed by atoms with Crippen molar-refractivity contribution in [2.45, 2.75) is 13.3 Å². The first-order valence-electron chi connectivity index (χ1n) is 6.95. The lowest BCUT2D eigenvalue weighted by Gasteiger charge is -2.16. The summed E-state index contributed by atoms with van der Waals surface area (Å²) in [5.41, 5.74) is 0.118. The zero-order valence-electron chi connectivity index (χ0n) is 12.2. The van der Waals surface area contributed by atoms with E-state index >= 15 is 0 Å². The molecule has 2 heterocycles.